The molecule has 0 saturated carbocycles. The second-order valence-electron chi connectivity index (χ2n) is 3.48. The van der Waals surface area contributed by atoms with Crippen molar-refractivity contribution in [3.8, 4) is 0 Å². The van der Waals surface area contributed by atoms with Gasteiger partial charge in [0, 0.05) is 11.5 Å². The Bertz CT molecular complexity index is 309. The molecule has 0 spiro atoms. The number of halogens is 2. The molecule has 1 aromatic rings. The Balaban J connectivity index is 2.17. The zero-order valence-electron chi connectivity index (χ0n) is 7.91. The topological polar surface area (TPSA) is 27.1 Å². The number of aryl methyl sites for hydroxylation is 1. The van der Waals surface area contributed by atoms with Crippen molar-refractivity contribution < 1.29 is 4.74 Å². The van der Waals surface area contributed by atoms with Crippen LogP contribution in [-0.4, -0.2) is 20.3 Å². The lowest BCUT2D eigenvalue weighted by Gasteiger charge is -2.12. The molecule has 0 bridgehead atoms. The molecule has 2 atom stereocenters. The third-order valence-electron chi connectivity index (χ3n) is 2.52. The van der Waals surface area contributed by atoms with Crippen molar-refractivity contribution in [2.45, 2.75) is 25.0 Å². The summed E-state index contributed by atoms with van der Waals surface area (Å²) in [7, 11) is 1.96. The average Bonchev–Trinajstić information content (AvgIpc) is 2.73. The van der Waals surface area contributed by atoms with Crippen LogP contribution < -0.4 is 0 Å². The molecule has 14 heavy (non-hydrogen) atoms. The molecule has 5 heteroatoms. The first kappa shape index (κ1) is 10.9. The van der Waals surface area contributed by atoms with Crippen molar-refractivity contribution in [3.05, 3.63) is 16.4 Å². The van der Waals surface area contributed by atoms with Gasteiger partial charge in [0.15, 0.2) is 0 Å². The van der Waals surface area contributed by atoms with Crippen LogP contribution in [-0.2, 0) is 11.8 Å². The van der Waals surface area contributed by atoms with E-state index in [0.717, 1.165) is 27.4 Å². The van der Waals surface area contributed by atoms with Gasteiger partial charge in [0.2, 0.25) is 0 Å². The van der Waals surface area contributed by atoms with Crippen LogP contribution >= 0.6 is 38.5 Å². The number of alkyl halides is 1. The SMILES string of the molecule is Cn1ncc(Br)c1C1CCC(CI)O1. The lowest BCUT2D eigenvalue weighted by atomic mass is 10.1. The fraction of sp³-hybridized carbons (Fsp3) is 0.667. The van der Waals surface area contributed by atoms with E-state index in [0.29, 0.717) is 6.10 Å². The van der Waals surface area contributed by atoms with Gasteiger partial charge < -0.3 is 4.74 Å². The highest BCUT2D eigenvalue weighted by molar-refractivity contribution is 14.1. The third kappa shape index (κ3) is 1.99. The summed E-state index contributed by atoms with van der Waals surface area (Å²) in [6, 6.07) is 0. The molecule has 0 radical (unpaired) electrons. The molecule has 0 N–H and O–H groups in total. The van der Waals surface area contributed by atoms with Gasteiger partial charge in [0.05, 0.1) is 22.5 Å². The first-order valence-corrected chi connectivity index (χ1v) is 6.93. The minimum atomic E-state index is 0.219. The summed E-state index contributed by atoms with van der Waals surface area (Å²) in [5.74, 6) is 0. The van der Waals surface area contributed by atoms with E-state index in [2.05, 4.69) is 43.6 Å². The number of rotatable bonds is 2. The second kappa shape index (κ2) is 4.49. The number of hydrogen-bond acceptors (Lipinski definition) is 2. The Kier molecular flexibility index (Phi) is 3.49. The Morgan fingerprint density at radius 1 is 1.71 bits per heavy atom. The Morgan fingerprint density at radius 2 is 2.50 bits per heavy atom. The Morgan fingerprint density at radius 3 is 3.00 bits per heavy atom. The lowest BCUT2D eigenvalue weighted by Crippen LogP contribution is -2.10. The van der Waals surface area contributed by atoms with Crippen LogP contribution in [0.5, 0.6) is 0 Å². The molecule has 2 unspecified atom stereocenters. The van der Waals surface area contributed by atoms with Crippen molar-refractivity contribution in [2.75, 3.05) is 4.43 Å². The standard InChI is InChI=1S/C9H12BrIN2O/c1-13-9(7(10)5-12-13)8-3-2-6(4-11)14-8/h5-6,8H,2-4H2,1H3. The summed E-state index contributed by atoms with van der Waals surface area (Å²) in [5, 5.41) is 4.20. The molecule has 1 aliphatic heterocycles. The number of aromatic nitrogens is 2. The molecule has 1 fully saturated rings. The molecule has 2 heterocycles. The first-order chi connectivity index (χ1) is 6.72. The molecule has 2 rings (SSSR count). The van der Waals surface area contributed by atoms with Crippen LogP contribution in [0.2, 0.25) is 0 Å². The molecular weight excluding hydrogens is 359 g/mol. The highest BCUT2D eigenvalue weighted by atomic mass is 127. The maximum atomic E-state index is 5.92. The van der Waals surface area contributed by atoms with Crippen LogP contribution in [0.3, 0.4) is 0 Å². The normalized spacial score (nSPS) is 27.1. The summed E-state index contributed by atoms with van der Waals surface area (Å²) in [5.41, 5.74) is 1.16. The van der Waals surface area contributed by atoms with Crippen molar-refractivity contribution in [2.24, 2.45) is 7.05 Å². The molecule has 3 nitrogen and oxygen atoms in total. The zero-order valence-corrected chi connectivity index (χ0v) is 11.7. The van der Waals surface area contributed by atoms with Gasteiger partial charge in [0.25, 0.3) is 0 Å². The van der Waals surface area contributed by atoms with Crippen molar-refractivity contribution in [3.63, 3.8) is 0 Å². The maximum absolute atomic E-state index is 5.92. The van der Waals surface area contributed by atoms with E-state index in [4.69, 9.17) is 4.74 Å². The predicted octanol–water partition coefficient (Wildman–Crippen LogP) is 2.84. The summed E-state index contributed by atoms with van der Waals surface area (Å²) in [6.07, 6.45) is 4.73. The minimum Gasteiger partial charge on any atom is -0.368 e. The van der Waals surface area contributed by atoms with E-state index < -0.39 is 0 Å². The Labute approximate surface area is 105 Å². The van der Waals surface area contributed by atoms with Crippen molar-refractivity contribution in [1.82, 2.24) is 9.78 Å². The fourth-order valence-corrected chi connectivity index (χ4v) is 3.05. The van der Waals surface area contributed by atoms with E-state index in [1.54, 1.807) is 0 Å². The molecule has 0 amide bonds. The van der Waals surface area contributed by atoms with E-state index in [9.17, 15) is 0 Å². The fourth-order valence-electron chi connectivity index (χ4n) is 1.80. The first-order valence-electron chi connectivity index (χ1n) is 4.61. The van der Waals surface area contributed by atoms with E-state index >= 15 is 0 Å². The number of nitrogens with zero attached hydrogens (tertiary/aromatic N) is 2. The van der Waals surface area contributed by atoms with Gasteiger partial charge in [-0.2, -0.15) is 5.10 Å². The molecule has 1 saturated heterocycles. The molecule has 0 aliphatic carbocycles. The quantitative estimate of drug-likeness (QED) is 0.591. The van der Waals surface area contributed by atoms with Gasteiger partial charge in [-0.25, -0.2) is 0 Å². The van der Waals surface area contributed by atoms with Crippen LogP contribution in [0.15, 0.2) is 10.7 Å². The van der Waals surface area contributed by atoms with Gasteiger partial charge in [-0.15, -0.1) is 0 Å². The van der Waals surface area contributed by atoms with E-state index in [1.165, 1.54) is 0 Å². The second-order valence-corrected chi connectivity index (χ2v) is 5.21. The molecule has 0 aromatic carbocycles. The summed E-state index contributed by atoms with van der Waals surface area (Å²) >= 11 is 5.88. The monoisotopic (exact) mass is 370 g/mol. The van der Waals surface area contributed by atoms with Crippen LogP contribution in [0, 0.1) is 0 Å². The average molecular weight is 371 g/mol. The maximum Gasteiger partial charge on any atom is 0.101 e. The molecule has 78 valence electrons. The molecule has 1 aromatic heterocycles. The van der Waals surface area contributed by atoms with Gasteiger partial charge in [-0.05, 0) is 28.8 Å². The molecule has 1 aliphatic rings. The zero-order chi connectivity index (χ0) is 10.1. The van der Waals surface area contributed by atoms with E-state index in [1.807, 2.05) is 17.9 Å². The van der Waals surface area contributed by atoms with Crippen LogP contribution in [0.25, 0.3) is 0 Å². The lowest BCUT2D eigenvalue weighted by molar-refractivity contribution is 0.0544. The highest BCUT2D eigenvalue weighted by Gasteiger charge is 2.29. The van der Waals surface area contributed by atoms with E-state index in [-0.39, 0.29) is 6.10 Å². The van der Waals surface area contributed by atoms with Gasteiger partial charge in [-0.3, -0.25) is 4.68 Å². The Hall–Kier alpha value is 0.380. The molecular formula is C9H12BrIN2O. The number of hydrogen-bond donors (Lipinski definition) is 0. The predicted molar refractivity (Wildman–Crippen MR) is 66.6 cm³/mol. The van der Waals surface area contributed by atoms with Gasteiger partial charge >= 0.3 is 0 Å². The van der Waals surface area contributed by atoms with Crippen LogP contribution in [0.1, 0.15) is 24.6 Å². The van der Waals surface area contributed by atoms with Gasteiger partial charge in [-0.1, -0.05) is 22.6 Å². The van der Waals surface area contributed by atoms with Gasteiger partial charge in [0.1, 0.15) is 6.10 Å². The van der Waals surface area contributed by atoms with Crippen LogP contribution in [0.4, 0.5) is 0 Å². The minimum absolute atomic E-state index is 0.219. The number of ether oxygens (including phenoxy) is 1. The van der Waals surface area contributed by atoms with Crippen molar-refractivity contribution in [1.29, 1.82) is 0 Å². The summed E-state index contributed by atoms with van der Waals surface area (Å²) in [4.78, 5) is 0. The largest absolute Gasteiger partial charge is 0.368 e. The third-order valence-corrected chi connectivity index (χ3v) is 4.12. The summed E-state index contributed by atoms with van der Waals surface area (Å²) in [6.45, 7) is 0. The highest BCUT2D eigenvalue weighted by Crippen LogP contribution is 2.36. The van der Waals surface area contributed by atoms with Crippen molar-refractivity contribution >= 4 is 38.5 Å². The summed E-state index contributed by atoms with van der Waals surface area (Å²) < 4.78 is 9.94. The smallest absolute Gasteiger partial charge is 0.101 e.